The predicted molar refractivity (Wildman–Crippen MR) is 64.7 cm³/mol. The summed E-state index contributed by atoms with van der Waals surface area (Å²) < 4.78 is 0. The zero-order chi connectivity index (χ0) is 11.8. The normalized spacial score (nSPS) is 10.6. The number of carboxylic acids is 1. The summed E-state index contributed by atoms with van der Waals surface area (Å²) in [4.78, 5) is 14.6. The van der Waals surface area contributed by atoms with Gasteiger partial charge in [0.2, 0.25) is 0 Å². The lowest BCUT2D eigenvalue weighted by molar-refractivity contribution is -0.137. The third-order valence-corrected chi connectivity index (χ3v) is 3.15. The van der Waals surface area contributed by atoms with E-state index in [9.17, 15) is 4.79 Å². The standard InChI is InChI=1S/C11H18N2O2S/c1-9-8-16-10(13-9)7-12-6-4-2-3-5-11(14)15/h8,12H,2-7H2,1H3,(H,14,15). The molecule has 90 valence electrons. The molecule has 0 radical (unpaired) electrons. The van der Waals surface area contributed by atoms with E-state index in [1.54, 1.807) is 11.3 Å². The highest BCUT2D eigenvalue weighted by Gasteiger charge is 1.98. The van der Waals surface area contributed by atoms with E-state index >= 15 is 0 Å². The van der Waals surface area contributed by atoms with Crippen LogP contribution in [0.1, 0.15) is 36.4 Å². The van der Waals surface area contributed by atoms with Gasteiger partial charge >= 0.3 is 5.97 Å². The van der Waals surface area contributed by atoms with Crippen molar-refractivity contribution in [3.63, 3.8) is 0 Å². The maximum absolute atomic E-state index is 10.3. The van der Waals surface area contributed by atoms with Gasteiger partial charge in [-0.2, -0.15) is 0 Å². The average Bonchev–Trinajstić information content (AvgIpc) is 2.62. The Bertz CT molecular complexity index is 326. The first-order chi connectivity index (χ1) is 7.68. The number of hydrogen-bond donors (Lipinski definition) is 2. The van der Waals surface area contributed by atoms with Crippen molar-refractivity contribution in [1.82, 2.24) is 10.3 Å². The lowest BCUT2D eigenvalue weighted by Crippen LogP contribution is -2.14. The number of nitrogens with zero attached hydrogens (tertiary/aromatic N) is 1. The molecule has 1 aromatic heterocycles. The third kappa shape index (κ3) is 5.82. The second kappa shape index (κ2) is 7.35. The van der Waals surface area contributed by atoms with Crippen LogP contribution in [0.3, 0.4) is 0 Å². The molecule has 0 saturated heterocycles. The van der Waals surface area contributed by atoms with E-state index in [0.717, 1.165) is 43.1 Å². The Labute approximate surface area is 99.7 Å². The molecule has 5 heteroatoms. The predicted octanol–water partition coefficient (Wildman–Crippen LogP) is 2.19. The smallest absolute Gasteiger partial charge is 0.303 e. The Hall–Kier alpha value is -0.940. The van der Waals surface area contributed by atoms with Crippen LogP contribution in [0.25, 0.3) is 0 Å². The molecule has 0 spiro atoms. The molecule has 0 saturated carbocycles. The zero-order valence-corrected chi connectivity index (χ0v) is 10.3. The number of rotatable bonds is 8. The minimum absolute atomic E-state index is 0.283. The molecular formula is C11H18N2O2S. The van der Waals surface area contributed by atoms with Crippen LogP contribution in [-0.4, -0.2) is 22.6 Å². The van der Waals surface area contributed by atoms with Gasteiger partial charge in [0.15, 0.2) is 0 Å². The molecule has 0 aliphatic heterocycles. The lowest BCUT2D eigenvalue weighted by atomic mass is 10.2. The molecule has 1 aromatic rings. The van der Waals surface area contributed by atoms with Crippen molar-refractivity contribution in [3.05, 3.63) is 16.1 Å². The second-order valence-electron chi connectivity index (χ2n) is 3.76. The lowest BCUT2D eigenvalue weighted by Gasteiger charge is -2.01. The zero-order valence-electron chi connectivity index (χ0n) is 9.53. The number of nitrogens with one attached hydrogen (secondary N) is 1. The largest absolute Gasteiger partial charge is 0.481 e. The molecule has 16 heavy (non-hydrogen) atoms. The molecule has 0 aromatic carbocycles. The molecule has 0 unspecified atom stereocenters. The molecule has 0 atom stereocenters. The SMILES string of the molecule is Cc1csc(CNCCCCCC(=O)O)n1. The van der Waals surface area contributed by atoms with Crippen molar-refractivity contribution in [1.29, 1.82) is 0 Å². The Balaban J connectivity index is 1.94. The number of aromatic nitrogens is 1. The average molecular weight is 242 g/mol. The van der Waals surface area contributed by atoms with Crippen molar-refractivity contribution in [2.24, 2.45) is 0 Å². The van der Waals surface area contributed by atoms with Gasteiger partial charge in [0.1, 0.15) is 5.01 Å². The summed E-state index contributed by atoms with van der Waals surface area (Å²) in [5.74, 6) is -0.703. The summed E-state index contributed by atoms with van der Waals surface area (Å²) in [7, 11) is 0. The van der Waals surface area contributed by atoms with E-state index in [2.05, 4.69) is 10.3 Å². The van der Waals surface area contributed by atoms with Crippen LogP contribution in [0.5, 0.6) is 0 Å². The number of carboxylic acid groups (broad SMARTS) is 1. The molecule has 0 amide bonds. The molecule has 1 rings (SSSR count). The van der Waals surface area contributed by atoms with Crippen LogP contribution in [0, 0.1) is 6.92 Å². The minimum Gasteiger partial charge on any atom is -0.481 e. The quantitative estimate of drug-likeness (QED) is 0.686. The highest BCUT2D eigenvalue weighted by atomic mass is 32.1. The fraction of sp³-hybridized carbons (Fsp3) is 0.636. The van der Waals surface area contributed by atoms with E-state index < -0.39 is 5.97 Å². The number of aryl methyl sites for hydroxylation is 1. The van der Waals surface area contributed by atoms with Gasteiger partial charge in [0.05, 0.1) is 0 Å². The number of aliphatic carboxylic acids is 1. The van der Waals surface area contributed by atoms with Crippen LogP contribution in [0.2, 0.25) is 0 Å². The Morgan fingerprint density at radius 1 is 1.50 bits per heavy atom. The van der Waals surface area contributed by atoms with Gasteiger partial charge < -0.3 is 10.4 Å². The molecule has 0 aliphatic carbocycles. The van der Waals surface area contributed by atoms with Crippen LogP contribution in [0.15, 0.2) is 5.38 Å². The van der Waals surface area contributed by atoms with Gasteiger partial charge in [0, 0.05) is 24.0 Å². The summed E-state index contributed by atoms with van der Waals surface area (Å²) in [5, 5.41) is 14.9. The van der Waals surface area contributed by atoms with Crippen molar-refractivity contribution < 1.29 is 9.90 Å². The second-order valence-corrected chi connectivity index (χ2v) is 4.71. The third-order valence-electron chi connectivity index (χ3n) is 2.19. The number of thiazole rings is 1. The van der Waals surface area contributed by atoms with E-state index in [4.69, 9.17) is 5.11 Å². The summed E-state index contributed by atoms with van der Waals surface area (Å²) in [6, 6.07) is 0. The summed E-state index contributed by atoms with van der Waals surface area (Å²) >= 11 is 1.67. The summed E-state index contributed by atoms with van der Waals surface area (Å²) in [6.07, 6.45) is 3.05. The van der Waals surface area contributed by atoms with Crippen LogP contribution in [-0.2, 0) is 11.3 Å². The Morgan fingerprint density at radius 2 is 2.31 bits per heavy atom. The highest BCUT2D eigenvalue weighted by Crippen LogP contribution is 2.07. The van der Waals surface area contributed by atoms with E-state index in [-0.39, 0.29) is 6.42 Å². The number of hydrogen-bond acceptors (Lipinski definition) is 4. The Morgan fingerprint density at radius 3 is 2.94 bits per heavy atom. The van der Waals surface area contributed by atoms with E-state index in [1.807, 2.05) is 12.3 Å². The van der Waals surface area contributed by atoms with Gasteiger partial charge in [-0.3, -0.25) is 4.79 Å². The molecule has 2 N–H and O–H groups in total. The monoisotopic (exact) mass is 242 g/mol. The summed E-state index contributed by atoms with van der Waals surface area (Å²) in [5.41, 5.74) is 1.07. The number of carbonyl (C=O) groups is 1. The van der Waals surface area contributed by atoms with Crippen LogP contribution >= 0.6 is 11.3 Å². The Kier molecular flexibility index (Phi) is 6.03. The molecule has 0 bridgehead atoms. The van der Waals surface area contributed by atoms with Crippen molar-refractivity contribution in [3.8, 4) is 0 Å². The fourth-order valence-corrected chi connectivity index (χ4v) is 2.12. The van der Waals surface area contributed by atoms with Crippen LogP contribution in [0.4, 0.5) is 0 Å². The van der Waals surface area contributed by atoms with E-state index in [0.29, 0.717) is 0 Å². The molecule has 1 heterocycles. The summed E-state index contributed by atoms with van der Waals surface area (Å²) in [6.45, 7) is 3.74. The van der Waals surface area contributed by atoms with Gasteiger partial charge in [-0.05, 0) is 26.3 Å². The maximum atomic E-state index is 10.3. The highest BCUT2D eigenvalue weighted by molar-refractivity contribution is 7.09. The minimum atomic E-state index is -0.703. The van der Waals surface area contributed by atoms with Gasteiger partial charge in [-0.15, -0.1) is 11.3 Å². The first-order valence-electron chi connectivity index (χ1n) is 5.52. The maximum Gasteiger partial charge on any atom is 0.303 e. The van der Waals surface area contributed by atoms with E-state index in [1.165, 1.54) is 0 Å². The van der Waals surface area contributed by atoms with Crippen molar-refractivity contribution >= 4 is 17.3 Å². The fourth-order valence-electron chi connectivity index (χ4n) is 1.38. The number of unbranched alkanes of at least 4 members (excludes halogenated alkanes) is 2. The molecule has 0 aliphatic rings. The van der Waals surface area contributed by atoms with Gasteiger partial charge in [-0.1, -0.05) is 6.42 Å². The van der Waals surface area contributed by atoms with Crippen molar-refractivity contribution in [2.45, 2.75) is 39.2 Å². The topological polar surface area (TPSA) is 62.2 Å². The molecule has 0 fully saturated rings. The first-order valence-corrected chi connectivity index (χ1v) is 6.40. The first kappa shape index (κ1) is 13.1. The molecular weight excluding hydrogens is 224 g/mol. The van der Waals surface area contributed by atoms with Crippen LogP contribution < -0.4 is 5.32 Å². The molecule has 4 nitrogen and oxygen atoms in total. The van der Waals surface area contributed by atoms with Gasteiger partial charge in [0.25, 0.3) is 0 Å². The van der Waals surface area contributed by atoms with Gasteiger partial charge in [-0.25, -0.2) is 4.98 Å². The van der Waals surface area contributed by atoms with Crippen molar-refractivity contribution in [2.75, 3.05) is 6.54 Å².